The molecule has 17 heavy (non-hydrogen) atoms. The van der Waals surface area contributed by atoms with Crippen LogP contribution in [0.2, 0.25) is 5.02 Å². The number of benzene rings is 1. The highest BCUT2D eigenvalue weighted by atomic mass is 35.5. The molecule has 4 nitrogen and oxygen atoms in total. The van der Waals surface area contributed by atoms with Gasteiger partial charge in [-0.2, -0.15) is 0 Å². The minimum Gasteiger partial charge on any atom is -0.370 e. The molecule has 0 saturated heterocycles. The van der Waals surface area contributed by atoms with Gasteiger partial charge in [0.25, 0.3) is 0 Å². The summed E-state index contributed by atoms with van der Waals surface area (Å²) in [4.78, 5) is 8.24. The van der Waals surface area contributed by atoms with Gasteiger partial charge >= 0.3 is 0 Å². The molecule has 1 aromatic carbocycles. The minimum absolute atomic E-state index is 0.691. The van der Waals surface area contributed by atoms with Gasteiger partial charge < -0.3 is 10.6 Å². The minimum atomic E-state index is 0.691. The molecule has 0 atom stereocenters. The molecule has 0 aliphatic carbocycles. The molecule has 0 spiro atoms. The molecular weight excluding hydrogens is 236 g/mol. The highest BCUT2D eigenvalue weighted by Crippen LogP contribution is 2.19. The lowest BCUT2D eigenvalue weighted by Gasteiger charge is -2.07. The van der Waals surface area contributed by atoms with Gasteiger partial charge in [-0.25, -0.2) is 9.97 Å². The fourth-order valence-corrected chi connectivity index (χ4v) is 1.61. The predicted octanol–water partition coefficient (Wildman–Crippen LogP) is 3.31. The van der Waals surface area contributed by atoms with Gasteiger partial charge in [0.05, 0.1) is 0 Å². The van der Waals surface area contributed by atoms with Crippen LogP contribution in [0.4, 0.5) is 17.3 Å². The molecule has 2 N–H and O–H groups in total. The van der Waals surface area contributed by atoms with E-state index in [1.165, 1.54) is 6.33 Å². The molecule has 0 bridgehead atoms. The summed E-state index contributed by atoms with van der Waals surface area (Å²) >= 11 is 5.91. The van der Waals surface area contributed by atoms with Crippen LogP contribution in [0.3, 0.4) is 0 Å². The second-order valence-electron chi connectivity index (χ2n) is 3.45. The average molecular weight is 249 g/mol. The Hall–Kier alpha value is -1.81. The Kier molecular flexibility index (Phi) is 3.77. The maximum atomic E-state index is 5.91. The predicted molar refractivity (Wildman–Crippen MR) is 70.9 cm³/mol. The molecule has 1 aromatic heterocycles. The molecule has 0 saturated carbocycles. The Morgan fingerprint density at radius 2 is 2.00 bits per heavy atom. The monoisotopic (exact) mass is 248 g/mol. The number of hydrogen-bond donors (Lipinski definition) is 2. The fourth-order valence-electron chi connectivity index (χ4n) is 1.42. The molecule has 0 fully saturated rings. The van der Waals surface area contributed by atoms with Crippen molar-refractivity contribution in [2.75, 3.05) is 17.2 Å². The quantitative estimate of drug-likeness (QED) is 0.872. The van der Waals surface area contributed by atoms with E-state index in [0.29, 0.717) is 5.02 Å². The van der Waals surface area contributed by atoms with E-state index in [-0.39, 0.29) is 0 Å². The van der Waals surface area contributed by atoms with Crippen molar-refractivity contribution >= 4 is 28.9 Å². The van der Waals surface area contributed by atoms with Gasteiger partial charge in [0.15, 0.2) is 0 Å². The van der Waals surface area contributed by atoms with Gasteiger partial charge in [-0.15, -0.1) is 0 Å². The Labute approximate surface area is 105 Å². The van der Waals surface area contributed by atoms with E-state index in [2.05, 4.69) is 20.6 Å². The lowest BCUT2D eigenvalue weighted by atomic mass is 10.3. The highest BCUT2D eigenvalue weighted by Gasteiger charge is 1.99. The van der Waals surface area contributed by atoms with Crippen LogP contribution in [-0.2, 0) is 0 Å². The van der Waals surface area contributed by atoms with Crippen molar-refractivity contribution in [1.29, 1.82) is 0 Å². The lowest BCUT2D eigenvalue weighted by Crippen LogP contribution is -2.01. The summed E-state index contributed by atoms with van der Waals surface area (Å²) < 4.78 is 0. The second-order valence-corrected chi connectivity index (χ2v) is 3.89. The summed E-state index contributed by atoms with van der Waals surface area (Å²) in [6, 6.07) is 9.34. The standard InChI is InChI=1S/C12H13ClN4/c1-2-14-11-7-12(16-8-15-11)17-10-5-3-4-9(13)6-10/h3-8H,2H2,1H3,(H2,14,15,16,17). The van der Waals surface area contributed by atoms with Crippen molar-refractivity contribution in [3.8, 4) is 0 Å². The average Bonchev–Trinajstić information content (AvgIpc) is 2.30. The van der Waals surface area contributed by atoms with Gasteiger partial charge in [0, 0.05) is 23.3 Å². The number of halogens is 1. The van der Waals surface area contributed by atoms with E-state index in [1.54, 1.807) is 0 Å². The van der Waals surface area contributed by atoms with Crippen molar-refractivity contribution < 1.29 is 0 Å². The summed E-state index contributed by atoms with van der Waals surface area (Å²) in [5, 5.41) is 6.99. The third kappa shape index (κ3) is 3.32. The van der Waals surface area contributed by atoms with Crippen LogP contribution in [0.25, 0.3) is 0 Å². The zero-order chi connectivity index (χ0) is 12.1. The number of anilines is 3. The van der Waals surface area contributed by atoms with Crippen LogP contribution in [0.5, 0.6) is 0 Å². The van der Waals surface area contributed by atoms with Crippen molar-refractivity contribution in [3.05, 3.63) is 41.7 Å². The maximum Gasteiger partial charge on any atom is 0.135 e. The number of rotatable bonds is 4. The number of nitrogens with zero attached hydrogens (tertiary/aromatic N) is 2. The molecule has 2 rings (SSSR count). The Morgan fingerprint density at radius 3 is 2.76 bits per heavy atom. The van der Waals surface area contributed by atoms with E-state index < -0.39 is 0 Å². The molecule has 88 valence electrons. The largest absolute Gasteiger partial charge is 0.370 e. The van der Waals surface area contributed by atoms with Crippen molar-refractivity contribution in [2.24, 2.45) is 0 Å². The zero-order valence-electron chi connectivity index (χ0n) is 9.44. The molecule has 0 aliphatic heterocycles. The zero-order valence-corrected chi connectivity index (χ0v) is 10.2. The van der Waals surface area contributed by atoms with Crippen LogP contribution in [-0.4, -0.2) is 16.5 Å². The summed E-state index contributed by atoms with van der Waals surface area (Å²) in [5.41, 5.74) is 0.902. The molecular formula is C12H13ClN4. The first-order chi connectivity index (χ1) is 8.28. The smallest absolute Gasteiger partial charge is 0.135 e. The molecule has 0 radical (unpaired) electrons. The first-order valence-corrected chi connectivity index (χ1v) is 5.74. The van der Waals surface area contributed by atoms with E-state index in [1.807, 2.05) is 37.3 Å². The van der Waals surface area contributed by atoms with Gasteiger partial charge in [-0.3, -0.25) is 0 Å². The molecule has 0 unspecified atom stereocenters. The maximum absolute atomic E-state index is 5.91. The van der Waals surface area contributed by atoms with E-state index in [9.17, 15) is 0 Å². The van der Waals surface area contributed by atoms with Gasteiger partial charge in [-0.05, 0) is 25.1 Å². The summed E-state index contributed by atoms with van der Waals surface area (Å²) in [7, 11) is 0. The Bertz CT molecular complexity index is 501. The normalized spacial score (nSPS) is 10.0. The number of aromatic nitrogens is 2. The van der Waals surface area contributed by atoms with Crippen molar-refractivity contribution in [2.45, 2.75) is 6.92 Å². The number of hydrogen-bond acceptors (Lipinski definition) is 4. The molecule has 2 aromatic rings. The van der Waals surface area contributed by atoms with E-state index in [0.717, 1.165) is 23.9 Å². The molecule has 5 heteroatoms. The van der Waals surface area contributed by atoms with E-state index in [4.69, 9.17) is 11.6 Å². The van der Waals surface area contributed by atoms with Crippen LogP contribution in [0.1, 0.15) is 6.92 Å². The molecule has 0 amide bonds. The van der Waals surface area contributed by atoms with Crippen LogP contribution < -0.4 is 10.6 Å². The number of nitrogens with one attached hydrogen (secondary N) is 2. The fraction of sp³-hybridized carbons (Fsp3) is 0.167. The molecule has 1 heterocycles. The summed E-state index contributed by atoms with van der Waals surface area (Å²) in [5.74, 6) is 1.53. The second kappa shape index (κ2) is 5.50. The SMILES string of the molecule is CCNc1cc(Nc2cccc(Cl)c2)ncn1. The topological polar surface area (TPSA) is 49.8 Å². The van der Waals surface area contributed by atoms with Gasteiger partial charge in [0.1, 0.15) is 18.0 Å². The van der Waals surface area contributed by atoms with E-state index >= 15 is 0 Å². The third-order valence-electron chi connectivity index (χ3n) is 2.12. The van der Waals surface area contributed by atoms with Crippen LogP contribution >= 0.6 is 11.6 Å². The van der Waals surface area contributed by atoms with Gasteiger partial charge in [-0.1, -0.05) is 17.7 Å². The third-order valence-corrected chi connectivity index (χ3v) is 2.36. The van der Waals surface area contributed by atoms with Crippen molar-refractivity contribution in [3.63, 3.8) is 0 Å². The molecule has 0 aliphatic rings. The van der Waals surface area contributed by atoms with Gasteiger partial charge in [0.2, 0.25) is 0 Å². The van der Waals surface area contributed by atoms with Crippen molar-refractivity contribution in [1.82, 2.24) is 9.97 Å². The van der Waals surface area contributed by atoms with Crippen LogP contribution in [0, 0.1) is 0 Å². The Balaban J connectivity index is 2.15. The first-order valence-electron chi connectivity index (χ1n) is 5.36. The summed E-state index contributed by atoms with van der Waals surface area (Å²) in [6.07, 6.45) is 1.52. The lowest BCUT2D eigenvalue weighted by molar-refractivity contribution is 1.11. The highest BCUT2D eigenvalue weighted by molar-refractivity contribution is 6.30. The summed E-state index contributed by atoms with van der Waals surface area (Å²) in [6.45, 7) is 2.85. The van der Waals surface area contributed by atoms with Crippen LogP contribution in [0.15, 0.2) is 36.7 Å². The first kappa shape index (κ1) is 11.7. The Morgan fingerprint density at radius 1 is 1.18 bits per heavy atom.